The van der Waals surface area contributed by atoms with Crippen LogP contribution in [0, 0.1) is 12.8 Å². The van der Waals surface area contributed by atoms with Gasteiger partial charge in [0.2, 0.25) is 0 Å². The maximum absolute atomic E-state index is 12.6. The number of benzene rings is 1. The molecule has 2 aromatic heterocycles. The van der Waals surface area contributed by atoms with Crippen LogP contribution in [0.4, 0.5) is 0 Å². The van der Waals surface area contributed by atoms with Crippen LogP contribution < -0.4 is 4.74 Å². The quantitative estimate of drug-likeness (QED) is 0.672. The molecule has 1 unspecified atom stereocenters. The zero-order valence-electron chi connectivity index (χ0n) is 15.8. The zero-order valence-corrected chi connectivity index (χ0v) is 15.8. The van der Waals surface area contributed by atoms with Crippen LogP contribution >= 0.6 is 0 Å². The summed E-state index contributed by atoms with van der Waals surface area (Å²) in [7, 11) is 1.63. The predicted molar refractivity (Wildman–Crippen MR) is 101 cm³/mol. The fraction of sp³-hybridized carbons (Fsp3) is 0.350. The number of likely N-dealkylation sites (tertiary alicyclic amines) is 1. The van der Waals surface area contributed by atoms with Gasteiger partial charge >= 0.3 is 0 Å². The van der Waals surface area contributed by atoms with E-state index in [9.17, 15) is 4.79 Å². The Balaban J connectivity index is 1.37. The van der Waals surface area contributed by atoms with Crippen LogP contribution in [0.15, 0.2) is 41.2 Å². The van der Waals surface area contributed by atoms with E-state index in [0.29, 0.717) is 42.8 Å². The van der Waals surface area contributed by atoms with Crippen molar-refractivity contribution in [1.29, 1.82) is 0 Å². The fourth-order valence-electron chi connectivity index (χ4n) is 3.29. The first-order valence-corrected chi connectivity index (χ1v) is 9.17. The van der Waals surface area contributed by atoms with Crippen LogP contribution in [0.5, 0.6) is 5.75 Å². The van der Waals surface area contributed by atoms with Gasteiger partial charge in [-0.1, -0.05) is 5.16 Å². The second-order valence-electron chi connectivity index (χ2n) is 6.90. The molecule has 0 saturated carbocycles. The van der Waals surface area contributed by atoms with Crippen molar-refractivity contribution in [2.24, 2.45) is 5.92 Å². The monoisotopic (exact) mass is 379 g/mol. The molecule has 0 radical (unpaired) electrons. The number of aryl methyl sites for hydroxylation is 1. The van der Waals surface area contributed by atoms with Gasteiger partial charge in [0.05, 0.1) is 19.0 Å². The minimum atomic E-state index is -0.0815. The Morgan fingerprint density at radius 3 is 2.79 bits per heavy atom. The van der Waals surface area contributed by atoms with Crippen molar-refractivity contribution >= 4 is 5.91 Å². The second-order valence-corrected chi connectivity index (χ2v) is 6.90. The lowest BCUT2D eigenvalue weighted by Crippen LogP contribution is -2.29. The second kappa shape index (κ2) is 7.75. The lowest BCUT2D eigenvalue weighted by atomic mass is 10.1. The van der Waals surface area contributed by atoms with Crippen molar-refractivity contribution in [3.63, 3.8) is 0 Å². The third-order valence-corrected chi connectivity index (χ3v) is 4.85. The number of aromatic nitrogens is 4. The molecule has 1 atom stereocenters. The molecule has 0 aliphatic carbocycles. The van der Waals surface area contributed by atoms with E-state index in [0.717, 1.165) is 23.4 Å². The first-order valence-electron chi connectivity index (χ1n) is 9.17. The van der Waals surface area contributed by atoms with Crippen LogP contribution in [-0.4, -0.2) is 51.1 Å². The molecule has 28 heavy (non-hydrogen) atoms. The molecule has 8 heteroatoms. The summed E-state index contributed by atoms with van der Waals surface area (Å²) in [5.74, 6) is 2.13. The standard InChI is InChI=1S/C20H21N5O3/c1-13-10-22-17(11-21-13)20(26)25-8-7-14(12-25)9-18-23-19(28-24-18)15-3-5-16(27-2)6-4-15/h3-6,10-11,14H,7-9,12H2,1-2H3. The number of carbonyl (C=O) groups is 1. The van der Waals surface area contributed by atoms with Crippen molar-refractivity contribution in [2.45, 2.75) is 19.8 Å². The van der Waals surface area contributed by atoms with E-state index >= 15 is 0 Å². The third-order valence-electron chi connectivity index (χ3n) is 4.85. The van der Waals surface area contributed by atoms with Gasteiger partial charge in [0, 0.05) is 31.3 Å². The van der Waals surface area contributed by atoms with Crippen LogP contribution in [0.2, 0.25) is 0 Å². The largest absolute Gasteiger partial charge is 0.497 e. The van der Waals surface area contributed by atoms with Crippen molar-refractivity contribution in [2.75, 3.05) is 20.2 Å². The van der Waals surface area contributed by atoms with Crippen LogP contribution in [0.3, 0.4) is 0 Å². The van der Waals surface area contributed by atoms with E-state index in [1.807, 2.05) is 36.1 Å². The molecule has 1 aliphatic heterocycles. The molecule has 1 saturated heterocycles. The minimum Gasteiger partial charge on any atom is -0.497 e. The van der Waals surface area contributed by atoms with E-state index in [1.165, 1.54) is 6.20 Å². The molecule has 1 amide bonds. The summed E-state index contributed by atoms with van der Waals surface area (Å²) >= 11 is 0. The topological polar surface area (TPSA) is 94.2 Å². The van der Waals surface area contributed by atoms with Gasteiger partial charge in [-0.25, -0.2) is 4.98 Å². The Morgan fingerprint density at radius 1 is 1.25 bits per heavy atom. The normalized spacial score (nSPS) is 16.4. The highest BCUT2D eigenvalue weighted by Crippen LogP contribution is 2.24. The Morgan fingerprint density at radius 2 is 2.07 bits per heavy atom. The number of hydrogen-bond donors (Lipinski definition) is 0. The van der Waals surface area contributed by atoms with Crippen molar-refractivity contribution in [1.82, 2.24) is 25.0 Å². The van der Waals surface area contributed by atoms with E-state index in [-0.39, 0.29) is 5.91 Å². The summed E-state index contributed by atoms with van der Waals surface area (Å²) in [5.41, 5.74) is 2.02. The molecule has 1 aromatic carbocycles. The molecular formula is C20H21N5O3. The number of carbonyl (C=O) groups excluding carboxylic acids is 1. The Kier molecular flexibility index (Phi) is 5.01. The molecule has 144 valence electrons. The van der Waals surface area contributed by atoms with Crippen molar-refractivity contribution in [3.05, 3.63) is 53.9 Å². The third kappa shape index (κ3) is 3.85. The maximum Gasteiger partial charge on any atom is 0.274 e. The lowest BCUT2D eigenvalue weighted by molar-refractivity contribution is 0.0780. The molecule has 1 aliphatic rings. The average Bonchev–Trinajstić information content (AvgIpc) is 3.38. The summed E-state index contributed by atoms with van der Waals surface area (Å²) < 4.78 is 10.5. The maximum atomic E-state index is 12.6. The van der Waals surface area contributed by atoms with Crippen molar-refractivity contribution in [3.8, 4) is 17.2 Å². The van der Waals surface area contributed by atoms with Gasteiger partial charge in [-0.15, -0.1) is 0 Å². The van der Waals surface area contributed by atoms with E-state index in [2.05, 4.69) is 20.1 Å². The highest BCUT2D eigenvalue weighted by Gasteiger charge is 2.29. The molecule has 8 nitrogen and oxygen atoms in total. The number of ether oxygens (including phenoxy) is 1. The lowest BCUT2D eigenvalue weighted by Gasteiger charge is -2.15. The molecule has 0 spiro atoms. The van der Waals surface area contributed by atoms with Crippen LogP contribution in [0.1, 0.15) is 28.4 Å². The summed E-state index contributed by atoms with van der Waals surface area (Å²) in [4.78, 5) is 27.2. The highest BCUT2D eigenvalue weighted by atomic mass is 16.5. The summed E-state index contributed by atoms with van der Waals surface area (Å²) in [6.45, 7) is 3.20. The minimum absolute atomic E-state index is 0.0815. The van der Waals surface area contributed by atoms with Gasteiger partial charge in [-0.05, 0) is 43.5 Å². The van der Waals surface area contributed by atoms with E-state index < -0.39 is 0 Å². The van der Waals surface area contributed by atoms with Gasteiger partial charge in [0.15, 0.2) is 5.82 Å². The van der Waals surface area contributed by atoms with Gasteiger partial charge in [0.25, 0.3) is 11.8 Å². The van der Waals surface area contributed by atoms with Gasteiger partial charge in [-0.2, -0.15) is 4.98 Å². The number of hydrogen-bond acceptors (Lipinski definition) is 7. The smallest absolute Gasteiger partial charge is 0.274 e. The van der Waals surface area contributed by atoms with Gasteiger partial charge in [0.1, 0.15) is 11.4 Å². The molecule has 0 N–H and O–H groups in total. The average molecular weight is 379 g/mol. The first kappa shape index (κ1) is 18.1. The summed E-state index contributed by atoms with van der Waals surface area (Å²) in [6.07, 6.45) is 4.71. The molecule has 3 heterocycles. The number of rotatable bonds is 5. The van der Waals surface area contributed by atoms with Crippen molar-refractivity contribution < 1.29 is 14.1 Å². The van der Waals surface area contributed by atoms with E-state index in [1.54, 1.807) is 13.3 Å². The van der Waals surface area contributed by atoms with Gasteiger partial charge < -0.3 is 14.2 Å². The Hall–Kier alpha value is -3.29. The first-order chi connectivity index (χ1) is 13.6. The molecule has 3 aromatic rings. The number of methoxy groups -OCH3 is 1. The fourth-order valence-corrected chi connectivity index (χ4v) is 3.29. The Labute approximate surface area is 162 Å². The highest BCUT2D eigenvalue weighted by molar-refractivity contribution is 5.92. The molecule has 0 bridgehead atoms. The molecule has 1 fully saturated rings. The summed E-state index contributed by atoms with van der Waals surface area (Å²) in [6, 6.07) is 7.48. The predicted octanol–water partition coefficient (Wildman–Crippen LogP) is 2.55. The number of nitrogens with zero attached hydrogens (tertiary/aromatic N) is 5. The molecular weight excluding hydrogens is 358 g/mol. The zero-order chi connectivity index (χ0) is 19.5. The number of amides is 1. The Bertz CT molecular complexity index is 953. The van der Waals surface area contributed by atoms with E-state index in [4.69, 9.17) is 9.26 Å². The SMILES string of the molecule is COc1ccc(-c2nc(CC3CCN(C(=O)c4cnc(C)cn4)C3)no2)cc1. The van der Waals surface area contributed by atoms with Gasteiger partial charge in [-0.3, -0.25) is 9.78 Å². The summed E-state index contributed by atoms with van der Waals surface area (Å²) in [5, 5.41) is 4.09. The molecule has 4 rings (SSSR count). The van der Waals surface area contributed by atoms with Crippen LogP contribution in [-0.2, 0) is 6.42 Å². The van der Waals surface area contributed by atoms with Crippen LogP contribution in [0.25, 0.3) is 11.5 Å².